The molecule has 0 aromatic carbocycles. The van der Waals surface area contributed by atoms with Gasteiger partial charge >= 0.3 is 11.7 Å². The molecule has 0 aliphatic carbocycles. The van der Waals surface area contributed by atoms with Gasteiger partial charge in [-0.3, -0.25) is 0 Å². The topological polar surface area (TPSA) is 115 Å². The third kappa shape index (κ3) is 1.70. The minimum absolute atomic E-state index is 1.30. The lowest BCUT2D eigenvalue weighted by atomic mass is 10.4. The Morgan fingerprint density at radius 1 is 1.56 bits per heavy atom. The number of hydrogen-bond donors (Lipinski definition) is 2. The monoisotopic (exact) mass is 130 g/mol. The molecule has 6 heteroatoms. The molecule has 6 nitrogen and oxygen atoms in total. The molecule has 2 N–H and O–H groups in total. The maximum Gasteiger partial charge on any atom is 0.470 e. The van der Waals surface area contributed by atoms with Gasteiger partial charge in [0.15, 0.2) is 5.97 Å². The Morgan fingerprint density at radius 2 is 2.00 bits per heavy atom. The van der Waals surface area contributed by atoms with Gasteiger partial charge in [-0.1, -0.05) is 0 Å². The molecule has 0 unspecified atom stereocenters. The summed E-state index contributed by atoms with van der Waals surface area (Å²) in [5, 5.41) is 17.5. The molecule has 9 heavy (non-hydrogen) atoms. The Bertz CT molecular complexity index is 186. The largest absolute Gasteiger partial charge is 0.538 e. The first-order chi connectivity index (χ1) is 4.09. The van der Waals surface area contributed by atoms with E-state index >= 15 is 0 Å². The van der Waals surface area contributed by atoms with Crippen LogP contribution in [0.3, 0.4) is 0 Å². The van der Waals surface area contributed by atoms with Crippen molar-refractivity contribution in [1.29, 1.82) is 5.53 Å². The van der Waals surface area contributed by atoms with Crippen LogP contribution in [-0.4, -0.2) is 27.5 Å². The van der Waals surface area contributed by atoms with Crippen LogP contribution in [0.1, 0.15) is 0 Å². The van der Waals surface area contributed by atoms with Gasteiger partial charge in [0.1, 0.15) is 0 Å². The first-order valence-electron chi connectivity index (χ1n) is 1.78. The summed E-state index contributed by atoms with van der Waals surface area (Å²) in [4.78, 5) is 21.5. The third-order valence-corrected chi connectivity index (χ3v) is 0.508. The van der Waals surface area contributed by atoms with Crippen molar-refractivity contribution in [2.45, 2.75) is 0 Å². The Hall–Kier alpha value is -1.68. The van der Waals surface area contributed by atoms with Crippen LogP contribution in [0, 0.1) is 5.53 Å². The van der Waals surface area contributed by atoms with E-state index in [1.165, 1.54) is 0 Å². The molecule has 48 valence electrons. The number of hydrogen-bond acceptors (Lipinski definition) is 4. The van der Waals surface area contributed by atoms with Crippen LogP contribution in [0.25, 0.3) is 0 Å². The average molecular weight is 130 g/mol. The second kappa shape index (κ2) is 2.58. The van der Waals surface area contributed by atoms with E-state index in [-0.39, 0.29) is 0 Å². The van der Waals surface area contributed by atoms with Crippen molar-refractivity contribution in [2.75, 3.05) is 0 Å². The van der Waals surface area contributed by atoms with Crippen LogP contribution in [0.4, 0.5) is 0 Å². The second-order valence-corrected chi connectivity index (χ2v) is 1.05. The number of nitrogens with zero attached hydrogens (tertiary/aromatic N) is 1. The summed E-state index contributed by atoms with van der Waals surface area (Å²) in [5.74, 6) is -3.73. The van der Waals surface area contributed by atoms with Crippen molar-refractivity contribution in [3.8, 4) is 0 Å². The zero-order chi connectivity index (χ0) is 7.44. The summed E-state index contributed by atoms with van der Waals surface area (Å²) >= 11 is 0. The predicted molar refractivity (Wildman–Crippen MR) is 20.6 cm³/mol. The van der Waals surface area contributed by atoms with Gasteiger partial charge in [-0.2, -0.15) is 0 Å². The lowest BCUT2D eigenvalue weighted by Gasteiger charge is -1.83. The maximum atomic E-state index is 9.70. The Kier molecular flexibility index (Phi) is 2.10. The fourth-order valence-corrected chi connectivity index (χ4v) is 0.181. The summed E-state index contributed by atoms with van der Waals surface area (Å²) in [6.07, 6.45) is 0. The molecule has 0 aliphatic heterocycles. The van der Waals surface area contributed by atoms with E-state index in [0.29, 0.717) is 0 Å². The number of carbonyl (C=O) groups is 2. The lowest BCUT2D eigenvalue weighted by molar-refractivity contribution is -0.299. The molecule has 0 heterocycles. The van der Waals surface area contributed by atoms with Gasteiger partial charge in [-0.05, 0) is 0 Å². The Labute approximate surface area is 49.0 Å². The quantitative estimate of drug-likeness (QED) is 0.186. The van der Waals surface area contributed by atoms with Crippen molar-refractivity contribution >= 4 is 17.7 Å². The number of carboxylic acids is 2. The van der Waals surface area contributed by atoms with Gasteiger partial charge < -0.3 is 15.0 Å². The molecule has 0 fully saturated rings. The van der Waals surface area contributed by atoms with Crippen molar-refractivity contribution in [3.63, 3.8) is 0 Å². The number of aliphatic carboxylic acids is 2. The fourth-order valence-electron chi connectivity index (χ4n) is 0.181. The molecular weight excluding hydrogens is 128 g/mol. The van der Waals surface area contributed by atoms with Crippen LogP contribution in [0.5, 0.6) is 0 Å². The van der Waals surface area contributed by atoms with Crippen LogP contribution < -0.4 is 5.11 Å². The van der Waals surface area contributed by atoms with Crippen LogP contribution in [0.15, 0.2) is 0 Å². The highest BCUT2D eigenvalue weighted by molar-refractivity contribution is 6.58. The minimum atomic E-state index is -1.96. The van der Waals surface area contributed by atoms with Gasteiger partial charge in [0.25, 0.3) is 0 Å². The number of carbonyl (C=O) groups excluding carboxylic acids is 1. The molecule has 0 spiro atoms. The van der Waals surface area contributed by atoms with E-state index in [1.54, 1.807) is 0 Å². The van der Waals surface area contributed by atoms with E-state index in [1.807, 2.05) is 0 Å². The van der Waals surface area contributed by atoms with Crippen molar-refractivity contribution in [1.82, 2.24) is 0 Å². The SMILES string of the molecule is N=[N+]=C(C(=O)[O-])C(=O)O. The van der Waals surface area contributed by atoms with E-state index < -0.39 is 17.7 Å². The molecular formula is C3H2N2O4. The minimum Gasteiger partial charge on any atom is -0.538 e. The van der Waals surface area contributed by atoms with E-state index in [2.05, 4.69) is 4.79 Å². The molecule has 0 atom stereocenters. The number of rotatable bonds is 2. The van der Waals surface area contributed by atoms with Gasteiger partial charge in [0.05, 0.1) is 10.3 Å². The average Bonchev–Trinajstić information content (AvgIpc) is 1.64. The van der Waals surface area contributed by atoms with Gasteiger partial charge in [-0.15, -0.1) is 0 Å². The molecule has 0 saturated carbocycles. The van der Waals surface area contributed by atoms with Crippen LogP contribution in [-0.2, 0) is 9.59 Å². The Morgan fingerprint density at radius 3 is 2.00 bits per heavy atom. The highest BCUT2D eigenvalue weighted by atomic mass is 16.4. The molecule has 0 amide bonds. The highest BCUT2D eigenvalue weighted by Gasteiger charge is 2.22. The second-order valence-electron chi connectivity index (χ2n) is 1.05. The number of nitrogens with one attached hydrogen (secondary N) is 1. The van der Waals surface area contributed by atoms with Crippen LogP contribution >= 0.6 is 0 Å². The number of carboxylic acid groups (broad SMARTS) is 2. The summed E-state index contributed by atoms with van der Waals surface area (Å²) in [6, 6.07) is 0. The Balaban J connectivity index is 4.59. The normalized spacial score (nSPS) is 7.56. The highest BCUT2D eigenvalue weighted by Crippen LogP contribution is 1.66. The first-order valence-corrected chi connectivity index (χ1v) is 1.78. The summed E-state index contributed by atoms with van der Waals surface area (Å²) in [5.41, 5.74) is 4.71. The molecule has 0 bridgehead atoms. The van der Waals surface area contributed by atoms with Gasteiger partial charge in [-0.25, -0.2) is 4.79 Å². The molecule has 0 aromatic heterocycles. The van der Waals surface area contributed by atoms with Crippen molar-refractivity contribution in [3.05, 3.63) is 0 Å². The molecule has 0 saturated heterocycles. The molecule has 0 aromatic rings. The van der Waals surface area contributed by atoms with Crippen molar-refractivity contribution in [2.24, 2.45) is 0 Å². The van der Waals surface area contributed by atoms with E-state index in [0.717, 1.165) is 0 Å². The summed E-state index contributed by atoms with van der Waals surface area (Å²) in [6.45, 7) is 0. The van der Waals surface area contributed by atoms with Gasteiger partial charge in [0, 0.05) is 0 Å². The van der Waals surface area contributed by atoms with Crippen molar-refractivity contribution < 1.29 is 24.6 Å². The zero-order valence-electron chi connectivity index (χ0n) is 4.12. The smallest absolute Gasteiger partial charge is 0.470 e. The standard InChI is InChI=1S/C3H2N2O4/c4-5-1(2(6)7)3(8)9/h4H,(H-,6,7,8,9). The summed E-state index contributed by atoms with van der Waals surface area (Å²) < 4.78 is 0. The fraction of sp³-hybridized carbons (Fsp3) is 0. The maximum absolute atomic E-state index is 9.70. The third-order valence-electron chi connectivity index (χ3n) is 0.508. The summed E-state index contributed by atoms with van der Waals surface area (Å²) in [7, 11) is 0. The first kappa shape index (κ1) is 7.32. The molecule has 0 radical (unpaired) electrons. The van der Waals surface area contributed by atoms with E-state index in [9.17, 15) is 14.7 Å². The molecule has 0 rings (SSSR count). The predicted octanol–water partition coefficient (Wildman–Crippen LogP) is -2.50. The van der Waals surface area contributed by atoms with Crippen LogP contribution in [0.2, 0.25) is 0 Å². The van der Waals surface area contributed by atoms with E-state index in [4.69, 9.17) is 10.6 Å². The van der Waals surface area contributed by atoms with Gasteiger partial charge in [0.2, 0.25) is 0 Å². The zero-order valence-corrected chi connectivity index (χ0v) is 4.12. The molecule has 0 aliphatic rings. The lowest BCUT2D eigenvalue weighted by Crippen LogP contribution is -2.37.